The smallest absolute Gasteiger partial charge is 0.321 e. The number of alkyl halides is 1. The Labute approximate surface area is 98.7 Å². The van der Waals surface area contributed by atoms with Gasteiger partial charge in [-0.3, -0.25) is 4.79 Å². The Bertz CT molecular complexity index is 356. The highest BCUT2D eigenvalue weighted by atomic mass is 35.5. The average Bonchev–Trinajstić information content (AvgIpc) is 2.28. The van der Waals surface area contributed by atoms with Crippen molar-refractivity contribution in [3.63, 3.8) is 0 Å². The number of hydrogen-bond donors (Lipinski definition) is 1. The zero-order valence-corrected chi connectivity index (χ0v) is 9.82. The molecule has 0 aliphatic carbocycles. The molecule has 4 nitrogen and oxygen atoms in total. The van der Waals surface area contributed by atoms with Gasteiger partial charge in [0.05, 0.1) is 14.2 Å². The fraction of sp³-hybridized carbons (Fsp3) is 0.364. The van der Waals surface area contributed by atoms with E-state index in [2.05, 4.69) is 0 Å². The molecule has 0 heterocycles. The van der Waals surface area contributed by atoms with Crippen molar-refractivity contribution in [3.8, 4) is 11.5 Å². The topological polar surface area (TPSA) is 55.8 Å². The van der Waals surface area contributed by atoms with Crippen molar-refractivity contribution in [2.45, 2.75) is 11.8 Å². The molecule has 0 saturated carbocycles. The third-order valence-electron chi connectivity index (χ3n) is 2.09. The summed E-state index contributed by atoms with van der Waals surface area (Å²) >= 11 is 5.66. The van der Waals surface area contributed by atoms with Gasteiger partial charge in [-0.1, -0.05) is 0 Å². The zero-order chi connectivity index (χ0) is 12.1. The Balaban J connectivity index is 2.90. The van der Waals surface area contributed by atoms with Crippen molar-refractivity contribution in [1.82, 2.24) is 0 Å². The molecule has 1 N–H and O–H groups in total. The van der Waals surface area contributed by atoms with Crippen LogP contribution in [0.15, 0.2) is 18.2 Å². The maximum absolute atomic E-state index is 10.6. The van der Waals surface area contributed by atoms with E-state index in [0.29, 0.717) is 11.5 Å². The second kappa shape index (κ2) is 5.61. The van der Waals surface area contributed by atoms with Gasteiger partial charge in [-0.15, -0.1) is 11.6 Å². The number of benzene rings is 1. The van der Waals surface area contributed by atoms with Gasteiger partial charge < -0.3 is 14.6 Å². The molecular formula is C11H13ClO4. The van der Waals surface area contributed by atoms with Gasteiger partial charge in [0.15, 0.2) is 0 Å². The minimum atomic E-state index is -1.04. The highest BCUT2D eigenvalue weighted by Crippen LogP contribution is 2.24. The minimum absolute atomic E-state index is 0.227. The number of halogens is 1. The Morgan fingerprint density at radius 3 is 2.19 bits per heavy atom. The standard InChI is InChI=1S/C11H13ClO4/c1-15-8-3-7(4-9(6-8)16-2)5-10(12)11(13)14/h3-4,6,10H,5H2,1-2H3,(H,13,14). The van der Waals surface area contributed by atoms with Crippen LogP contribution in [0.4, 0.5) is 0 Å². The summed E-state index contributed by atoms with van der Waals surface area (Å²) in [7, 11) is 3.07. The molecule has 5 heteroatoms. The molecule has 0 aliphatic heterocycles. The third kappa shape index (κ3) is 3.31. The maximum Gasteiger partial charge on any atom is 0.321 e. The molecule has 1 aromatic carbocycles. The van der Waals surface area contributed by atoms with Gasteiger partial charge in [-0.25, -0.2) is 0 Å². The van der Waals surface area contributed by atoms with E-state index >= 15 is 0 Å². The predicted octanol–water partition coefficient (Wildman–Crippen LogP) is 1.94. The van der Waals surface area contributed by atoms with Crippen LogP contribution in [0.5, 0.6) is 11.5 Å². The fourth-order valence-corrected chi connectivity index (χ4v) is 1.46. The largest absolute Gasteiger partial charge is 0.497 e. The lowest BCUT2D eigenvalue weighted by Crippen LogP contribution is -2.16. The van der Waals surface area contributed by atoms with Crippen molar-refractivity contribution in [3.05, 3.63) is 23.8 Å². The molecule has 0 aromatic heterocycles. The maximum atomic E-state index is 10.6. The number of carbonyl (C=O) groups is 1. The monoisotopic (exact) mass is 244 g/mol. The zero-order valence-electron chi connectivity index (χ0n) is 9.07. The predicted molar refractivity (Wildman–Crippen MR) is 60.5 cm³/mol. The Morgan fingerprint density at radius 1 is 1.31 bits per heavy atom. The molecule has 0 spiro atoms. The van der Waals surface area contributed by atoms with Crippen LogP contribution in [-0.2, 0) is 11.2 Å². The fourth-order valence-electron chi connectivity index (χ4n) is 1.28. The number of carboxylic acid groups (broad SMARTS) is 1. The van der Waals surface area contributed by atoms with Crippen molar-refractivity contribution in [1.29, 1.82) is 0 Å². The van der Waals surface area contributed by atoms with E-state index in [0.717, 1.165) is 5.56 Å². The van der Waals surface area contributed by atoms with Gasteiger partial charge >= 0.3 is 5.97 Å². The Hall–Kier alpha value is -1.42. The molecule has 0 radical (unpaired) electrons. The summed E-state index contributed by atoms with van der Waals surface area (Å²) in [5.41, 5.74) is 0.763. The van der Waals surface area contributed by atoms with Crippen molar-refractivity contribution in [2.75, 3.05) is 14.2 Å². The first-order valence-electron chi connectivity index (χ1n) is 4.65. The first kappa shape index (κ1) is 12.6. The van der Waals surface area contributed by atoms with Crippen LogP contribution in [-0.4, -0.2) is 30.7 Å². The van der Waals surface area contributed by atoms with Crippen LogP contribution in [0.2, 0.25) is 0 Å². The lowest BCUT2D eigenvalue weighted by molar-refractivity contribution is -0.136. The second-order valence-corrected chi connectivity index (χ2v) is 3.76. The molecule has 1 rings (SSSR count). The summed E-state index contributed by atoms with van der Waals surface area (Å²) in [4.78, 5) is 10.6. The van der Waals surface area contributed by atoms with Crippen LogP contribution >= 0.6 is 11.6 Å². The molecule has 88 valence electrons. The van der Waals surface area contributed by atoms with E-state index < -0.39 is 11.3 Å². The van der Waals surface area contributed by atoms with Gasteiger partial charge in [-0.05, 0) is 24.1 Å². The van der Waals surface area contributed by atoms with Crippen LogP contribution in [0.25, 0.3) is 0 Å². The molecule has 0 amide bonds. The average molecular weight is 245 g/mol. The van der Waals surface area contributed by atoms with Crippen molar-refractivity contribution >= 4 is 17.6 Å². The van der Waals surface area contributed by atoms with Gasteiger partial charge in [0, 0.05) is 6.07 Å². The molecule has 1 aromatic rings. The molecular weight excluding hydrogens is 232 g/mol. The molecule has 0 aliphatic rings. The normalized spacial score (nSPS) is 11.9. The number of aliphatic carboxylic acids is 1. The Morgan fingerprint density at radius 2 is 1.81 bits per heavy atom. The summed E-state index contributed by atoms with van der Waals surface area (Å²) in [6.07, 6.45) is 0.227. The summed E-state index contributed by atoms with van der Waals surface area (Å²) in [6.45, 7) is 0. The van der Waals surface area contributed by atoms with E-state index in [1.54, 1.807) is 18.2 Å². The highest BCUT2D eigenvalue weighted by molar-refractivity contribution is 6.29. The number of ether oxygens (including phenoxy) is 2. The number of rotatable bonds is 5. The summed E-state index contributed by atoms with van der Waals surface area (Å²) in [5.74, 6) is 0.190. The summed E-state index contributed by atoms with van der Waals surface area (Å²) < 4.78 is 10.1. The van der Waals surface area contributed by atoms with E-state index in [9.17, 15) is 4.79 Å². The molecule has 1 unspecified atom stereocenters. The summed E-state index contributed by atoms with van der Waals surface area (Å²) in [6, 6.07) is 5.19. The van der Waals surface area contributed by atoms with Gasteiger partial charge in [0.25, 0.3) is 0 Å². The lowest BCUT2D eigenvalue weighted by atomic mass is 10.1. The first-order chi connectivity index (χ1) is 7.56. The first-order valence-corrected chi connectivity index (χ1v) is 5.09. The molecule has 0 fully saturated rings. The van der Waals surface area contributed by atoms with Crippen molar-refractivity contribution in [2.24, 2.45) is 0 Å². The van der Waals surface area contributed by atoms with Crippen LogP contribution in [0, 0.1) is 0 Å². The number of methoxy groups -OCH3 is 2. The molecule has 1 atom stereocenters. The SMILES string of the molecule is COc1cc(CC(Cl)C(=O)O)cc(OC)c1. The molecule has 0 saturated heterocycles. The van der Waals surface area contributed by atoms with Crippen LogP contribution in [0.3, 0.4) is 0 Å². The van der Waals surface area contributed by atoms with E-state index in [-0.39, 0.29) is 6.42 Å². The number of hydrogen-bond acceptors (Lipinski definition) is 3. The highest BCUT2D eigenvalue weighted by Gasteiger charge is 2.15. The van der Waals surface area contributed by atoms with E-state index in [1.165, 1.54) is 14.2 Å². The molecule has 16 heavy (non-hydrogen) atoms. The van der Waals surface area contributed by atoms with E-state index in [1.807, 2.05) is 0 Å². The van der Waals surface area contributed by atoms with Crippen molar-refractivity contribution < 1.29 is 19.4 Å². The number of carboxylic acids is 1. The van der Waals surface area contributed by atoms with Gasteiger partial charge in [0.2, 0.25) is 0 Å². The van der Waals surface area contributed by atoms with E-state index in [4.69, 9.17) is 26.2 Å². The minimum Gasteiger partial charge on any atom is -0.497 e. The second-order valence-electron chi connectivity index (χ2n) is 3.23. The van der Waals surface area contributed by atoms with Crippen LogP contribution < -0.4 is 9.47 Å². The van der Waals surface area contributed by atoms with Crippen LogP contribution in [0.1, 0.15) is 5.56 Å². The molecule has 0 bridgehead atoms. The quantitative estimate of drug-likeness (QED) is 0.805. The third-order valence-corrected chi connectivity index (χ3v) is 2.44. The Kier molecular flexibility index (Phi) is 4.43. The van der Waals surface area contributed by atoms with Gasteiger partial charge in [0.1, 0.15) is 16.9 Å². The van der Waals surface area contributed by atoms with Gasteiger partial charge in [-0.2, -0.15) is 0 Å². The summed E-state index contributed by atoms with van der Waals surface area (Å²) in [5, 5.41) is 7.75. The lowest BCUT2D eigenvalue weighted by Gasteiger charge is -2.09.